The molecule has 2 heterocycles. The lowest BCUT2D eigenvalue weighted by Gasteiger charge is -2.15. The Labute approximate surface area is 94.4 Å². The lowest BCUT2D eigenvalue weighted by atomic mass is 10.1. The maximum Gasteiger partial charge on any atom is 0.145 e. The zero-order chi connectivity index (χ0) is 11.4. The summed E-state index contributed by atoms with van der Waals surface area (Å²) >= 11 is 0. The third-order valence-electron chi connectivity index (χ3n) is 2.21. The van der Waals surface area contributed by atoms with Gasteiger partial charge in [0.15, 0.2) is 0 Å². The Morgan fingerprint density at radius 3 is 2.94 bits per heavy atom. The highest BCUT2D eigenvalue weighted by molar-refractivity contribution is 5.38. The Morgan fingerprint density at radius 1 is 1.31 bits per heavy atom. The van der Waals surface area contributed by atoms with Gasteiger partial charge in [0.2, 0.25) is 0 Å². The Kier molecular flexibility index (Phi) is 3.18. The summed E-state index contributed by atoms with van der Waals surface area (Å²) in [6.07, 6.45) is 0.875. The third kappa shape index (κ3) is 2.38. The van der Waals surface area contributed by atoms with Crippen LogP contribution in [0.1, 0.15) is 6.92 Å². The van der Waals surface area contributed by atoms with Crippen molar-refractivity contribution in [3.8, 4) is 35.5 Å². The molecule has 0 aromatic rings. The van der Waals surface area contributed by atoms with E-state index >= 15 is 0 Å². The van der Waals surface area contributed by atoms with Gasteiger partial charge in [-0.2, -0.15) is 0 Å². The quantitative estimate of drug-likeness (QED) is 0.458. The molecule has 3 heteroatoms. The molecule has 0 unspecified atom stereocenters. The number of hydrogen-bond donors (Lipinski definition) is 1. The van der Waals surface area contributed by atoms with Gasteiger partial charge in [-0.3, -0.25) is 0 Å². The topological polar surface area (TPSA) is 42.0 Å². The molecule has 2 rings (SSSR count). The Morgan fingerprint density at radius 2 is 2.12 bits per heavy atom. The van der Waals surface area contributed by atoms with Crippen molar-refractivity contribution in [1.82, 2.24) is 0 Å². The van der Waals surface area contributed by atoms with Crippen molar-refractivity contribution in [2.75, 3.05) is 6.61 Å². The van der Waals surface area contributed by atoms with Crippen molar-refractivity contribution >= 4 is 0 Å². The minimum Gasteiger partial charge on any atom is -0.492 e. The molecule has 3 atom stereocenters. The molecule has 2 aliphatic heterocycles. The highest BCUT2D eigenvalue weighted by atomic mass is 16.6. The van der Waals surface area contributed by atoms with Crippen molar-refractivity contribution < 1.29 is 14.6 Å². The molecular formula is C13H10O3. The standard InChI is InChI=1S/C13H10O3/c1-2-3-4-5-6-7-8-11-13-12(16-13)10(14)9-15-11/h8,10,12-14H,9H2,1H3/t10-,12-,13+/m0/s1. The fourth-order valence-electron chi connectivity index (χ4n) is 1.40. The maximum absolute atomic E-state index is 9.36. The summed E-state index contributed by atoms with van der Waals surface area (Å²) in [5, 5.41) is 9.36. The molecule has 2 fully saturated rings. The minimum atomic E-state index is -0.519. The molecule has 0 aliphatic carbocycles. The fourth-order valence-corrected chi connectivity index (χ4v) is 1.40. The average molecular weight is 214 g/mol. The number of rotatable bonds is 0. The van der Waals surface area contributed by atoms with Crippen LogP contribution in [-0.2, 0) is 9.47 Å². The zero-order valence-corrected chi connectivity index (χ0v) is 8.78. The highest BCUT2D eigenvalue weighted by Gasteiger charge is 2.51. The molecule has 0 aromatic heterocycles. The Hall–Kier alpha value is -1.86. The summed E-state index contributed by atoms with van der Waals surface area (Å²) in [5.74, 6) is 16.4. The van der Waals surface area contributed by atoms with Gasteiger partial charge in [0.05, 0.1) is 0 Å². The van der Waals surface area contributed by atoms with Gasteiger partial charge in [-0.05, 0) is 30.6 Å². The molecule has 3 nitrogen and oxygen atoms in total. The van der Waals surface area contributed by atoms with E-state index in [0.29, 0.717) is 5.76 Å². The van der Waals surface area contributed by atoms with E-state index in [1.54, 1.807) is 13.0 Å². The molecule has 0 spiro atoms. The van der Waals surface area contributed by atoms with Gasteiger partial charge < -0.3 is 14.6 Å². The van der Waals surface area contributed by atoms with Gasteiger partial charge in [0, 0.05) is 6.08 Å². The van der Waals surface area contributed by atoms with E-state index in [1.807, 2.05) is 0 Å². The first-order valence-corrected chi connectivity index (χ1v) is 4.91. The van der Waals surface area contributed by atoms with Crippen LogP contribution in [-0.4, -0.2) is 30.0 Å². The van der Waals surface area contributed by atoms with Crippen LogP contribution in [0.15, 0.2) is 11.8 Å². The van der Waals surface area contributed by atoms with Crippen LogP contribution in [0.4, 0.5) is 0 Å². The summed E-state index contributed by atoms with van der Waals surface area (Å²) in [5.41, 5.74) is 0. The van der Waals surface area contributed by atoms with Crippen LogP contribution in [0.5, 0.6) is 0 Å². The molecule has 0 saturated carbocycles. The van der Waals surface area contributed by atoms with E-state index in [4.69, 9.17) is 9.47 Å². The van der Waals surface area contributed by atoms with Crippen LogP contribution in [0, 0.1) is 35.5 Å². The SMILES string of the molecule is CC#CC#CC#CC=C1OC[C@H](O)[C@@H]2O[C@H]12. The lowest BCUT2D eigenvalue weighted by Crippen LogP contribution is -2.29. The largest absolute Gasteiger partial charge is 0.492 e. The van der Waals surface area contributed by atoms with E-state index in [2.05, 4.69) is 35.5 Å². The van der Waals surface area contributed by atoms with Crippen molar-refractivity contribution in [3.63, 3.8) is 0 Å². The van der Waals surface area contributed by atoms with Gasteiger partial charge in [-0.25, -0.2) is 0 Å². The molecule has 2 aliphatic rings. The number of fused-ring (bicyclic) bond motifs is 1. The van der Waals surface area contributed by atoms with Crippen LogP contribution in [0.3, 0.4) is 0 Å². The predicted octanol–water partition coefficient (Wildman–Crippen LogP) is 0.0589. The Balaban J connectivity index is 1.94. The second kappa shape index (κ2) is 4.77. The second-order valence-electron chi connectivity index (χ2n) is 3.34. The monoisotopic (exact) mass is 214 g/mol. The smallest absolute Gasteiger partial charge is 0.145 e. The molecule has 16 heavy (non-hydrogen) atoms. The fraction of sp³-hybridized carbons (Fsp3) is 0.385. The molecule has 0 radical (unpaired) electrons. The van der Waals surface area contributed by atoms with E-state index in [9.17, 15) is 5.11 Å². The number of hydrogen-bond acceptors (Lipinski definition) is 3. The van der Waals surface area contributed by atoms with E-state index < -0.39 is 6.10 Å². The molecule has 80 valence electrons. The molecule has 1 N–H and O–H groups in total. The summed E-state index contributed by atoms with van der Waals surface area (Å²) in [4.78, 5) is 0. The first kappa shape index (κ1) is 10.7. The summed E-state index contributed by atoms with van der Waals surface area (Å²) in [6.45, 7) is 1.98. The average Bonchev–Trinajstić information content (AvgIpc) is 3.07. The first-order chi connectivity index (χ1) is 7.83. The van der Waals surface area contributed by atoms with Gasteiger partial charge >= 0.3 is 0 Å². The molecule has 2 saturated heterocycles. The normalized spacial score (nSPS) is 31.6. The number of allylic oxidation sites excluding steroid dienone is 1. The second-order valence-corrected chi connectivity index (χ2v) is 3.34. The summed E-state index contributed by atoms with van der Waals surface area (Å²) < 4.78 is 10.5. The van der Waals surface area contributed by atoms with Gasteiger partial charge in [0.1, 0.15) is 30.7 Å². The van der Waals surface area contributed by atoms with E-state index in [0.717, 1.165) is 0 Å². The zero-order valence-electron chi connectivity index (χ0n) is 8.78. The Bertz CT molecular complexity index is 484. The van der Waals surface area contributed by atoms with Crippen LogP contribution >= 0.6 is 0 Å². The summed E-state index contributed by atoms with van der Waals surface area (Å²) in [7, 11) is 0. The first-order valence-electron chi connectivity index (χ1n) is 4.91. The lowest BCUT2D eigenvalue weighted by molar-refractivity contribution is 0.0445. The predicted molar refractivity (Wildman–Crippen MR) is 57.7 cm³/mol. The van der Waals surface area contributed by atoms with E-state index in [-0.39, 0.29) is 18.8 Å². The summed E-state index contributed by atoms with van der Waals surface area (Å²) in [6, 6.07) is 0. The van der Waals surface area contributed by atoms with Crippen LogP contribution < -0.4 is 0 Å². The molecular weight excluding hydrogens is 204 g/mol. The van der Waals surface area contributed by atoms with Gasteiger partial charge in [-0.15, -0.1) is 0 Å². The van der Waals surface area contributed by atoms with Crippen LogP contribution in [0.2, 0.25) is 0 Å². The van der Waals surface area contributed by atoms with E-state index in [1.165, 1.54) is 0 Å². The van der Waals surface area contributed by atoms with Crippen molar-refractivity contribution in [2.24, 2.45) is 0 Å². The van der Waals surface area contributed by atoms with Crippen LogP contribution in [0.25, 0.3) is 0 Å². The molecule has 0 aromatic carbocycles. The molecule has 0 bridgehead atoms. The van der Waals surface area contributed by atoms with Gasteiger partial charge in [-0.1, -0.05) is 11.8 Å². The maximum atomic E-state index is 9.36. The number of ether oxygens (including phenoxy) is 2. The third-order valence-corrected chi connectivity index (χ3v) is 2.21. The highest BCUT2D eigenvalue weighted by Crippen LogP contribution is 2.36. The van der Waals surface area contributed by atoms with Crippen molar-refractivity contribution in [2.45, 2.75) is 25.2 Å². The number of epoxide rings is 1. The number of aliphatic hydroxyl groups excluding tert-OH is 1. The van der Waals surface area contributed by atoms with Crippen molar-refractivity contribution in [1.29, 1.82) is 0 Å². The number of aliphatic hydroxyl groups is 1. The van der Waals surface area contributed by atoms with Crippen molar-refractivity contribution in [3.05, 3.63) is 11.8 Å². The van der Waals surface area contributed by atoms with Gasteiger partial charge in [0.25, 0.3) is 0 Å². The minimum absolute atomic E-state index is 0.112. The molecule has 0 amide bonds.